The maximum atomic E-state index is 4.09. The maximum Gasteiger partial charge on any atom is 0.0350 e. The minimum Gasteiger partial charge on any atom is -0.303 e. The van der Waals surface area contributed by atoms with Crippen LogP contribution in [0, 0.1) is 0 Å². The largest absolute Gasteiger partial charge is 0.303 e. The first-order chi connectivity index (χ1) is 6.25. The molecule has 2 rings (SSSR count). The van der Waals surface area contributed by atoms with E-state index in [-0.39, 0.29) is 0 Å². The number of rotatable bonds is 1. The second-order valence-corrected chi connectivity index (χ2v) is 4.51. The summed E-state index contributed by atoms with van der Waals surface area (Å²) in [5, 5.41) is 0. The van der Waals surface area contributed by atoms with Crippen molar-refractivity contribution in [1.82, 2.24) is 9.80 Å². The summed E-state index contributed by atoms with van der Waals surface area (Å²) in [7, 11) is 2.20. The standard InChI is InChI=1S/C11H20N2/c1-10-4-3-6-13(7-5-10)11-8-12(2)9-11/h11H,1,3-9H2,2H3. The highest BCUT2D eigenvalue weighted by atomic mass is 15.3. The highest BCUT2D eigenvalue weighted by molar-refractivity contribution is 4.98. The summed E-state index contributed by atoms with van der Waals surface area (Å²) in [4.78, 5) is 5.04. The van der Waals surface area contributed by atoms with Crippen LogP contribution < -0.4 is 0 Å². The van der Waals surface area contributed by atoms with Crippen LogP contribution in [0.2, 0.25) is 0 Å². The molecule has 2 fully saturated rings. The topological polar surface area (TPSA) is 6.48 Å². The van der Waals surface area contributed by atoms with Crippen LogP contribution in [0.4, 0.5) is 0 Å². The van der Waals surface area contributed by atoms with Gasteiger partial charge in [0.25, 0.3) is 0 Å². The lowest BCUT2D eigenvalue weighted by Crippen LogP contribution is -2.57. The zero-order valence-corrected chi connectivity index (χ0v) is 8.63. The Labute approximate surface area is 81.2 Å². The van der Waals surface area contributed by atoms with Gasteiger partial charge >= 0.3 is 0 Å². The van der Waals surface area contributed by atoms with Crippen molar-refractivity contribution in [2.75, 3.05) is 33.2 Å². The Morgan fingerprint density at radius 1 is 1.23 bits per heavy atom. The first-order valence-corrected chi connectivity index (χ1v) is 5.35. The fraction of sp³-hybridized carbons (Fsp3) is 0.818. The van der Waals surface area contributed by atoms with Crippen LogP contribution in [0.5, 0.6) is 0 Å². The zero-order valence-electron chi connectivity index (χ0n) is 8.63. The van der Waals surface area contributed by atoms with Gasteiger partial charge in [0, 0.05) is 25.7 Å². The molecular weight excluding hydrogens is 160 g/mol. The predicted molar refractivity (Wildman–Crippen MR) is 55.8 cm³/mol. The van der Waals surface area contributed by atoms with E-state index in [0.717, 1.165) is 6.04 Å². The summed E-state index contributed by atoms with van der Waals surface area (Å²) >= 11 is 0. The third-order valence-corrected chi connectivity index (χ3v) is 3.29. The van der Waals surface area contributed by atoms with Crippen molar-refractivity contribution in [2.45, 2.75) is 25.3 Å². The van der Waals surface area contributed by atoms with Crippen LogP contribution in [0.1, 0.15) is 19.3 Å². The van der Waals surface area contributed by atoms with E-state index in [4.69, 9.17) is 0 Å². The summed E-state index contributed by atoms with van der Waals surface area (Å²) in [6.07, 6.45) is 3.79. The third-order valence-electron chi connectivity index (χ3n) is 3.29. The minimum absolute atomic E-state index is 0.843. The Hall–Kier alpha value is -0.340. The van der Waals surface area contributed by atoms with E-state index in [1.54, 1.807) is 0 Å². The Bertz CT molecular complexity index is 194. The predicted octanol–water partition coefficient (Wildman–Crippen LogP) is 1.34. The number of nitrogens with zero attached hydrogens (tertiary/aromatic N) is 2. The van der Waals surface area contributed by atoms with Gasteiger partial charge in [0.1, 0.15) is 0 Å². The van der Waals surface area contributed by atoms with Crippen molar-refractivity contribution in [3.05, 3.63) is 12.2 Å². The SMILES string of the molecule is C=C1CCCN(C2CN(C)C2)CC1. The molecule has 0 aliphatic carbocycles. The van der Waals surface area contributed by atoms with Gasteiger partial charge in [-0.1, -0.05) is 12.2 Å². The molecule has 0 spiro atoms. The molecule has 0 bridgehead atoms. The molecule has 0 amide bonds. The lowest BCUT2D eigenvalue weighted by atomic mass is 10.1. The van der Waals surface area contributed by atoms with Crippen LogP contribution in [0.15, 0.2) is 12.2 Å². The second kappa shape index (κ2) is 3.81. The van der Waals surface area contributed by atoms with E-state index in [1.807, 2.05) is 0 Å². The van der Waals surface area contributed by atoms with Gasteiger partial charge in [-0.3, -0.25) is 4.90 Å². The van der Waals surface area contributed by atoms with Crippen molar-refractivity contribution in [3.8, 4) is 0 Å². The van der Waals surface area contributed by atoms with Crippen LogP contribution in [0.25, 0.3) is 0 Å². The Morgan fingerprint density at radius 3 is 2.69 bits per heavy atom. The summed E-state index contributed by atoms with van der Waals surface area (Å²) < 4.78 is 0. The normalized spacial score (nSPS) is 28.5. The molecule has 74 valence electrons. The van der Waals surface area contributed by atoms with E-state index < -0.39 is 0 Å². The molecule has 0 atom stereocenters. The van der Waals surface area contributed by atoms with Gasteiger partial charge in [-0.25, -0.2) is 0 Å². The van der Waals surface area contributed by atoms with Gasteiger partial charge in [0.2, 0.25) is 0 Å². The van der Waals surface area contributed by atoms with Crippen molar-refractivity contribution in [3.63, 3.8) is 0 Å². The molecular formula is C11H20N2. The lowest BCUT2D eigenvalue weighted by molar-refractivity contribution is 0.0553. The van der Waals surface area contributed by atoms with Crippen molar-refractivity contribution in [1.29, 1.82) is 0 Å². The molecule has 2 saturated heterocycles. The van der Waals surface area contributed by atoms with Gasteiger partial charge in [-0.2, -0.15) is 0 Å². The Morgan fingerprint density at radius 2 is 2.00 bits per heavy atom. The molecule has 0 unspecified atom stereocenters. The van der Waals surface area contributed by atoms with E-state index in [2.05, 4.69) is 23.4 Å². The summed E-state index contributed by atoms with van der Waals surface area (Å²) in [6, 6.07) is 0.843. The van der Waals surface area contributed by atoms with Gasteiger partial charge in [0.15, 0.2) is 0 Å². The van der Waals surface area contributed by atoms with Crippen molar-refractivity contribution < 1.29 is 0 Å². The van der Waals surface area contributed by atoms with E-state index in [1.165, 1.54) is 51.0 Å². The van der Waals surface area contributed by atoms with Crippen LogP contribution in [0.3, 0.4) is 0 Å². The molecule has 2 aliphatic heterocycles. The average Bonchev–Trinajstić information content (AvgIpc) is 2.25. The van der Waals surface area contributed by atoms with E-state index >= 15 is 0 Å². The fourth-order valence-corrected chi connectivity index (χ4v) is 2.33. The highest BCUT2D eigenvalue weighted by Crippen LogP contribution is 2.20. The second-order valence-electron chi connectivity index (χ2n) is 4.51. The Kier molecular flexibility index (Phi) is 2.70. The molecule has 0 aromatic heterocycles. The summed E-state index contributed by atoms with van der Waals surface area (Å²) in [6.45, 7) is 9.17. The molecule has 0 saturated carbocycles. The molecule has 2 heterocycles. The van der Waals surface area contributed by atoms with E-state index in [0.29, 0.717) is 0 Å². The number of likely N-dealkylation sites (N-methyl/N-ethyl adjacent to an activating group) is 1. The number of hydrogen-bond acceptors (Lipinski definition) is 2. The van der Waals surface area contributed by atoms with Crippen LogP contribution in [-0.2, 0) is 0 Å². The maximum absolute atomic E-state index is 4.09. The smallest absolute Gasteiger partial charge is 0.0350 e. The van der Waals surface area contributed by atoms with Gasteiger partial charge in [-0.05, 0) is 32.9 Å². The summed E-state index contributed by atoms with van der Waals surface area (Å²) in [5.41, 5.74) is 1.45. The first kappa shape index (κ1) is 9.22. The summed E-state index contributed by atoms with van der Waals surface area (Å²) in [5.74, 6) is 0. The minimum atomic E-state index is 0.843. The molecule has 0 radical (unpaired) electrons. The molecule has 0 N–H and O–H groups in total. The van der Waals surface area contributed by atoms with E-state index in [9.17, 15) is 0 Å². The quantitative estimate of drug-likeness (QED) is 0.562. The van der Waals surface area contributed by atoms with Gasteiger partial charge in [0.05, 0.1) is 0 Å². The van der Waals surface area contributed by atoms with Crippen LogP contribution >= 0.6 is 0 Å². The fourth-order valence-electron chi connectivity index (χ4n) is 2.33. The lowest BCUT2D eigenvalue weighted by Gasteiger charge is -2.43. The molecule has 2 nitrogen and oxygen atoms in total. The highest BCUT2D eigenvalue weighted by Gasteiger charge is 2.29. The third kappa shape index (κ3) is 2.12. The first-order valence-electron chi connectivity index (χ1n) is 5.35. The monoisotopic (exact) mass is 180 g/mol. The average molecular weight is 180 g/mol. The van der Waals surface area contributed by atoms with Crippen molar-refractivity contribution >= 4 is 0 Å². The Balaban J connectivity index is 1.82. The molecule has 0 aromatic carbocycles. The van der Waals surface area contributed by atoms with Crippen molar-refractivity contribution in [2.24, 2.45) is 0 Å². The zero-order chi connectivity index (χ0) is 9.26. The van der Waals surface area contributed by atoms with Crippen LogP contribution in [-0.4, -0.2) is 49.1 Å². The number of hydrogen-bond donors (Lipinski definition) is 0. The molecule has 13 heavy (non-hydrogen) atoms. The molecule has 2 heteroatoms. The van der Waals surface area contributed by atoms with Gasteiger partial charge < -0.3 is 4.90 Å². The van der Waals surface area contributed by atoms with Gasteiger partial charge in [-0.15, -0.1) is 0 Å². The molecule has 0 aromatic rings. The number of likely N-dealkylation sites (tertiary alicyclic amines) is 2. The molecule has 2 aliphatic rings.